The van der Waals surface area contributed by atoms with Gasteiger partial charge in [-0.3, -0.25) is 0 Å². The summed E-state index contributed by atoms with van der Waals surface area (Å²) >= 11 is 0. The molecule has 0 aliphatic heterocycles. The van der Waals surface area contributed by atoms with E-state index in [1.54, 1.807) is 7.11 Å². The first-order valence-corrected chi connectivity index (χ1v) is 9.48. The molecule has 144 valence electrons. The summed E-state index contributed by atoms with van der Waals surface area (Å²) in [4.78, 5) is 0. The number of methoxy groups -OCH3 is 1. The number of rotatable bonds is 10. The van der Waals surface area contributed by atoms with Crippen LogP contribution >= 0.6 is 0 Å². The van der Waals surface area contributed by atoms with E-state index in [2.05, 4.69) is 12.0 Å². The minimum absolute atomic E-state index is 0.0407. The maximum atomic E-state index is 10.3. The summed E-state index contributed by atoms with van der Waals surface area (Å²) in [7, 11) is 1.72. The number of ether oxygens (including phenoxy) is 2. The molecular weight excluding hydrogens is 336 g/mol. The van der Waals surface area contributed by atoms with Gasteiger partial charge >= 0.3 is 0 Å². The Bertz CT molecular complexity index is 720. The molecule has 0 heterocycles. The summed E-state index contributed by atoms with van der Waals surface area (Å²) in [6.07, 6.45) is 6.54. The van der Waals surface area contributed by atoms with Crippen LogP contribution in [0.3, 0.4) is 0 Å². The Hall–Kier alpha value is -2.28. The van der Waals surface area contributed by atoms with Crippen molar-refractivity contribution in [3.05, 3.63) is 65.7 Å². The van der Waals surface area contributed by atoms with Crippen molar-refractivity contribution in [2.45, 2.75) is 45.5 Å². The van der Waals surface area contributed by atoms with Gasteiger partial charge in [-0.15, -0.1) is 12.3 Å². The summed E-state index contributed by atoms with van der Waals surface area (Å²) in [6, 6.07) is 18.1. The van der Waals surface area contributed by atoms with Gasteiger partial charge < -0.3 is 14.6 Å². The van der Waals surface area contributed by atoms with Crippen LogP contribution in [0.25, 0.3) is 0 Å². The van der Waals surface area contributed by atoms with Crippen LogP contribution in [-0.4, -0.2) is 18.3 Å². The molecule has 0 spiro atoms. The molecule has 0 aromatic heterocycles. The highest BCUT2D eigenvalue weighted by atomic mass is 16.5. The van der Waals surface area contributed by atoms with Crippen molar-refractivity contribution >= 4 is 0 Å². The fraction of sp³-hybridized carbons (Fsp3) is 0.417. The molecule has 4 atom stereocenters. The number of aliphatic hydroxyl groups excluding tert-OH is 1. The first-order valence-electron chi connectivity index (χ1n) is 9.48. The molecule has 2 aromatic rings. The lowest BCUT2D eigenvalue weighted by molar-refractivity contribution is 0.0556. The van der Waals surface area contributed by atoms with Crippen molar-refractivity contribution in [3.8, 4) is 18.1 Å². The maximum absolute atomic E-state index is 10.3. The first kappa shape index (κ1) is 21.0. The monoisotopic (exact) mass is 366 g/mol. The number of terminal acetylenes is 1. The van der Waals surface area contributed by atoms with E-state index in [0.717, 1.165) is 29.7 Å². The third-order valence-corrected chi connectivity index (χ3v) is 5.01. The molecule has 0 aliphatic carbocycles. The molecule has 0 amide bonds. The van der Waals surface area contributed by atoms with Crippen LogP contribution in [0.1, 0.15) is 43.9 Å². The molecule has 0 bridgehead atoms. The third kappa shape index (κ3) is 6.43. The zero-order chi connectivity index (χ0) is 19.6. The van der Waals surface area contributed by atoms with Crippen molar-refractivity contribution < 1.29 is 14.6 Å². The van der Waals surface area contributed by atoms with Crippen LogP contribution in [0.4, 0.5) is 0 Å². The Kier molecular flexibility index (Phi) is 8.39. The van der Waals surface area contributed by atoms with Crippen LogP contribution in [0.15, 0.2) is 54.6 Å². The lowest BCUT2D eigenvalue weighted by atomic mass is 9.89. The predicted molar refractivity (Wildman–Crippen MR) is 109 cm³/mol. The zero-order valence-electron chi connectivity index (χ0n) is 16.5. The predicted octanol–water partition coefficient (Wildman–Crippen LogP) is 5.00. The average Bonchev–Trinajstić information content (AvgIpc) is 2.72. The van der Waals surface area contributed by atoms with Gasteiger partial charge in [0.05, 0.1) is 12.2 Å². The Balaban J connectivity index is 1.95. The Morgan fingerprint density at radius 3 is 2.44 bits per heavy atom. The van der Waals surface area contributed by atoms with Crippen molar-refractivity contribution in [1.29, 1.82) is 0 Å². The van der Waals surface area contributed by atoms with Gasteiger partial charge in [-0.05, 0) is 48.9 Å². The van der Waals surface area contributed by atoms with Gasteiger partial charge in [0.1, 0.15) is 12.4 Å². The molecule has 0 aliphatic rings. The van der Waals surface area contributed by atoms with Crippen molar-refractivity contribution in [3.63, 3.8) is 0 Å². The van der Waals surface area contributed by atoms with E-state index in [4.69, 9.17) is 15.9 Å². The van der Waals surface area contributed by atoms with Crippen LogP contribution < -0.4 is 4.74 Å². The van der Waals surface area contributed by atoms with Crippen LogP contribution in [0.5, 0.6) is 5.75 Å². The van der Waals surface area contributed by atoms with Gasteiger partial charge in [0.15, 0.2) is 0 Å². The Morgan fingerprint density at radius 1 is 1.04 bits per heavy atom. The summed E-state index contributed by atoms with van der Waals surface area (Å²) in [5.41, 5.74) is 2.21. The van der Waals surface area contributed by atoms with Crippen molar-refractivity contribution in [1.82, 2.24) is 0 Å². The quantitative estimate of drug-likeness (QED) is 0.602. The molecule has 2 rings (SSSR count). The van der Waals surface area contributed by atoms with E-state index in [1.807, 2.05) is 62.4 Å². The van der Waals surface area contributed by atoms with Crippen molar-refractivity contribution in [2.75, 3.05) is 7.11 Å². The van der Waals surface area contributed by atoms with Gasteiger partial charge in [-0.1, -0.05) is 49.4 Å². The minimum atomic E-state index is -0.493. The fourth-order valence-electron chi connectivity index (χ4n) is 3.14. The molecule has 0 fully saturated rings. The van der Waals surface area contributed by atoms with Crippen LogP contribution in [0.2, 0.25) is 0 Å². The van der Waals surface area contributed by atoms with E-state index in [-0.39, 0.29) is 17.9 Å². The lowest BCUT2D eigenvalue weighted by Gasteiger charge is -2.24. The first-order chi connectivity index (χ1) is 13.0. The van der Waals surface area contributed by atoms with Crippen LogP contribution in [0, 0.1) is 24.2 Å². The highest BCUT2D eigenvalue weighted by molar-refractivity contribution is 5.30. The number of hydrogen-bond donors (Lipinski definition) is 1. The van der Waals surface area contributed by atoms with E-state index in [1.165, 1.54) is 0 Å². The summed E-state index contributed by atoms with van der Waals surface area (Å²) in [5.74, 6) is 3.42. The molecule has 2 aromatic carbocycles. The zero-order valence-corrected chi connectivity index (χ0v) is 16.5. The molecule has 3 heteroatoms. The maximum Gasteiger partial charge on any atom is 0.120 e. The van der Waals surface area contributed by atoms with Gasteiger partial charge in [-0.25, -0.2) is 0 Å². The summed E-state index contributed by atoms with van der Waals surface area (Å²) in [6.45, 7) is 4.45. The molecule has 0 saturated carbocycles. The number of hydrogen-bond acceptors (Lipinski definition) is 3. The molecule has 27 heavy (non-hydrogen) atoms. The Labute approximate surface area is 163 Å². The molecule has 1 N–H and O–H groups in total. The van der Waals surface area contributed by atoms with Gasteiger partial charge in [0, 0.05) is 13.0 Å². The molecule has 0 unspecified atom stereocenters. The smallest absolute Gasteiger partial charge is 0.120 e. The molecule has 0 saturated heterocycles. The fourth-order valence-corrected chi connectivity index (χ4v) is 3.14. The largest absolute Gasteiger partial charge is 0.489 e. The topological polar surface area (TPSA) is 38.7 Å². The minimum Gasteiger partial charge on any atom is -0.489 e. The second-order valence-electron chi connectivity index (χ2n) is 7.07. The van der Waals surface area contributed by atoms with Gasteiger partial charge in [0.25, 0.3) is 0 Å². The highest BCUT2D eigenvalue weighted by Crippen LogP contribution is 2.29. The van der Waals surface area contributed by atoms with Crippen LogP contribution in [-0.2, 0) is 11.3 Å². The normalized spacial score (nSPS) is 15.4. The number of benzene rings is 2. The number of aliphatic hydroxyl groups is 1. The summed E-state index contributed by atoms with van der Waals surface area (Å²) in [5, 5.41) is 10.3. The van der Waals surface area contributed by atoms with E-state index in [9.17, 15) is 5.11 Å². The van der Waals surface area contributed by atoms with E-state index < -0.39 is 6.10 Å². The average molecular weight is 367 g/mol. The Morgan fingerprint density at radius 2 is 1.78 bits per heavy atom. The van der Waals surface area contributed by atoms with E-state index >= 15 is 0 Å². The third-order valence-electron chi connectivity index (χ3n) is 5.01. The van der Waals surface area contributed by atoms with Gasteiger partial charge in [0.2, 0.25) is 0 Å². The molecule has 0 radical (unpaired) electrons. The molecule has 3 nitrogen and oxygen atoms in total. The van der Waals surface area contributed by atoms with Gasteiger partial charge in [-0.2, -0.15) is 0 Å². The van der Waals surface area contributed by atoms with Crippen molar-refractivity contribution in [2.24, 2.45) is 11.8 Å². The molecular formula is C24H30O3. The lowest BCUT2D eigenvalue weighted by Crippen LogP contribution is -2.25. The van der Waals surface area contributed by atoms with E-state index in [0.29, 0.717) is 6.61 Å². The standard InChI is InChI=1S/C24H30O3/c1-5-18(2)24(25)19(3)14-15-23(26-4)21-12-9-13-22(16-21)27-17-20-10-7-6-8-11-20/h1,6-13,16,18-19,23-25H,14-15,17H2,2-4H3/t18-,19-,23-,24-/m0/s1. The second-order valence-corrected chi connectivity index (χ2v) is 7.07. The summed E-state index contributed by atoms with van der Waals surface area (Å²) < 4.78 is 11.6. The second kappa shape index (κ2) is 10.8. The SMILES string of the molecule is C#C[C@H](C)[C@H](O)[C@@H](C)CC[C@H](OC)c1cccc(OCc2ccccc2)c1. The highest BCUT2D eigenvalue weighted by Gasteiger charge is 2.21.